The van der Waals surface area contributed by atoms with Gasteiger partial charge in [0, 0.05) is 0 Å². The van der Waals surface area contributed by atoms with Crippen molar-refractivity contribution in [3.05, 3.63) is 0 Å². The summed E-state index contributed by atoms with van der Waals surface area (Å²) in [6, 6.07) is -0.421. The molecule has 0 saturated heterocycles. The minimum atomic E-state index is -0.600. The summed E-state index contributed by atoms with van der Waals surface area (Å²) in [6.07, 6.45) is 0.0856. The van der Waals surface area contributed by atoms with Crippen LogP contribution < -0.4 is 5.32 Å². The van der Waals surface area contributed by atoms with Crippen molar-refractivity contribution in [3.8, 4) is 0 Å². The third-order valence-corrected chi connectivity index (χ3v) is 1.000. The van der Waals surface area contributed by atoms with Gasteiger partial charge in [0.2, 0.25) is 0 Å². The molecule has 2 N–H and O–H groups in total. The van der Waals surface area contributed by atoms with Gasteiger partial charge in [-0.15, -0.1) is 0 Å². The average molecular weight is 117 g/mol. The molecule has 0 unspecified atom stereocenters. The number of hydrogen-bond donors (Lipinski definition) is 2. The fourth-order valence-corrected chi connectivity index (χ4v) is 0.423. The number of aliphatic hydroxyl groups is 1. The number of carbonyl (C=O) groups excluding carboxylic acids is 1. The zero-order valence-corrected chi connectivity index (χ0v) is 5.09. The molecule has 0 radical (unpaired) electrons. The summed E-state index contributed by atoms with van der Waals surface area (Å²) in [6.45, 7) is 1.57. The van der Waals surface area contributed by atoms with Crippen molar-refractivity contribution in [1.82, 2.24) is 5.32 Å². The molecule has 0 aromatic carbocycles. The fourth-order valence-electron chi connectivity index (χ4n) is 0.423. The van der Waals surface area contributed by atoms with Crippen molar-refractivity contribution in [1.29, 1.82) is 0 Å². The van der Waals surface area contributed by atoms with E-state index in [1.54, 1.807) is 14.0 Å². The van der Waals surface area contributed by atoms with E-state index in [0.29, 0.717) is 6.29 Å². The van der Waals surface area contributed by atoms with E-state index in [9.17, 15) is 4.79 Å². The van der Waals surface area contributed by atoms with Gasteiger partial charge in [-0.1, -0.05) is 0 Å². The van der Waals surface area contributed by atoms with Gasteiger partial charge in [0.05, 0.1) is 12.1 Å². The van der Waals surface area contributed by atoms with E-state index < -0.39 is 12.1 Å². The van der Waals surface area contributed by atoms with Crippen LogP contribution in [0.5, 0.6) is 0 Å². The van der Waals surface area contributed by atoms with Gasteiger partial charge in [0.25, 0.3) is 0 Å². The maximum Gasteiger partial charge on any atom is 0.139 e. The van der Waals surface area contributed by atoms with Crippen molar-refractivity contribution < 1.29 is 9.90 Å². The Labute approximate surface area is 48.7 Å². The van der Waals surface area contributed by atoms with Gasteiger partial charge < -0.3 is 15.2 Å². The predicted octanol–water partition coefficient (Wildman–Crippen LogP) is -0.846. The minimum Gasteiger partial charge on any atom is -0.391 e. The van der Waals surface area contributed by atoms with Crippen LogP contribution >= 0.6 is 0 Å². The Morgan fingerprint density at radius 1 is 1.75 bits per heavy atom. The predicted molar refractivity (Wildman–Crippen MR) is 30.6 cm³/mol. The van der Waals surface area contributed by atoms with Gasteiger partial charge in [-0.25, -0.2) is 0 Å². The van der Waals surface area contributed by atoms with Gasteiger partial charge in [-0.3, -0.25) is 0 Å². The Morgan fingerprint density at radius 2 is 2.25 bits per heavy atom. The molecule has 0 bridgehead atoms. The summed E-state index contributed by atoms with van der Waals surface area (Å²) in [7, 11) is 1.63. The molecule has 0 rings (SSSR count). The molecule has 0 saturated carbocycles. The molecule has 0 aromatic rings. The molecule has 3 heteroatoms. The largest absolute Gasteiger partial charge is 0.391 e. The van der Waals surface area contributed by atoms with Crippen LogP contribution in [0.15, 0.2) is 0 Å². The molecule has 3 nitrogen and oxygen atoms in total. The van der Waals surface area contributed by atoms with E-state index in [2.05, 4.69) is 5.32 Å². The number of hydrogen-bond acceptors (Lipinski definition) is 3. The molecule has 0 aliphatic heterocycles. The topological polar surface area (TPSA) is 49.3 Å². The molecule has 0 aliphatic rings. The highest BCUT2D eigenvalue weighted by Crippen LogP contribution is 1.84. The lowest BCUT2D eigenvalue weighted by atomic mass is 10.2. The second-order valence-electron chi connectivity index (χ2n) is 1.69. The maximum absolute atomic E-state index is 9.96. The molecule has 2 atom stereocenters. The van der Waals surface area contributed by atoms with Crippen LogP contribution in [0.3, 0.4) is 0 Å². The molecule has 0 aliphatic carbocycles. The zero-order valence-electron chi connectivity index (χ0n) is 5.09. The zero-order chi connectivity index (χ0) is 6.57. The fraction of sp³-hybridized carbons (Fsp3) is 0.800. The SMILES string of the molecule is CN[C@H](C=O)[C@@H](C)O. The number of aliphatic hydroxyl groups excluding tert-OH is 1. The van der Waals surface area contributed by atoms with E-state index in [4.69, 9.17) is 5.11 Å². The second-order valence-corrected chi connectivity index (χ2v) is 1.69. The van der Waals surface area contributed by atoms with Crippen LogP contribution in [0.1, 0.15) is 6.92 Å². The molecule has 8 heavy (non-hydrogen) atoms. The van der Waals surface area contributed by atoms with Gasteiger partial charge in [0.15, 0.2) is 0 Å². The first-order chi connectivity index (χ1) is 3.72. The summed E-state index contributed by atoms with van der Waals surface area (Å²) in [5.74, 6) is 0. The Kier molecular flexibility index (Phi) is 3.39. The van der Waals surface area contributed by atoms with Gasteiger partial charge in [-0.2, -0.15) is 0 Å². The van der Waals surface area contributed by atoms with E-state index in [1.807, 2.05) is 0 Å². The van der Waals surface area contributed by atoms with Crippen LogP contribution in [-0.4, -0.2) is 30.6 Å². The van der Waals surface area contributed by atoms with Crippen molar-refractivity contribution in [3.63, 3.8) is 0 Å². The lowest BCUT2D eigenvalue weighted by Gasteiger charge is -2.10. The van der Waals surface area contributed by atoms with E-state index in [0.717, 1.165) is 0 Å². The number of aldehydes is 1. The highest BCUT2D eigenvalue weighted by molar-refractivity contribution is 5.58. The average Bonchev–Trinajstić information content (AvgIpc) is 1.69. The number of carbonyl (C=O) groups is 1. The van der Waals surface area contributed by atoms with Crippen LogP contribution in [0, 0.1) is 0 Å². The summed E-state index contributed by atoms with van der Waals surface area (Å²) >= 11 is 0. The molecule has 48 valence electrons. The van der Waals surface area contributed by atoms with E-state index in [1.165, 1.54) is 0 Å². The van der Waals surface area contributed by atoms with E-state index in [-0.39, 0.29) is 0 Å². The van der Waals surface area contributed by atoms with E-state index >= 15 is 0 Å². The molecule has 0 aromatic heterocycles. The smallest absolute Gasteiger partial charge is 0.139 e. The van der Waals surface area contributed by atoms with Crippen LogP contribution in [0.25, 0.3) is 0 Å². The Balaban J connectivity index is 3.51. The number of rotatable bonds is 3. The first-order valence-electron chi connectivity index (χ1n) is 2.53. The molecular formula is C5H11NO2. The number of likely N-dealkylation sites (N-methyl/N-ethyl adjacent to an activating group) is 1. The van der Waals surface area contributed by atoms with Crippen LogP contribution in [0.4, 0.5) is 0 Å². The summed E-state index contributed by atoms with van der Waals surface area (Å²) < 4.78 is 0. The van der Waals surface area contributed by atoms with Crippen molar-refractivity contribution in [2.24, 2.45) is 0 Å². The summed E-state index contributed by atoms with van der Waals surface area (Å²) in [5, 5.41) is 11.4. The number of nitrogens with one attached hydrogen (secondary N) is 1. The first kappa shape index (κ1) is 7.59. The standard InChI is InChI=1S/C5H11NO2/c1-4(8)5(3-7)6-2/h3-6,8H,1-2H3/t4-,5-/m1/s1. The first-order valence-corrected chi connectivity index (χ1v) is 2.53. The lowest BCUT2D eigenvalue weighted by molar-refractivity contribution is -0.111. The van der Waals surface area contributed by atoms with Crippen molar-refractivity contribution in [2.75, 3.05) is 7.05 Å². The minimum absolute atomic E-state index is 0.421. The Hall–Kier alpha value is -0.410. The van der Waals surface area contributed by atoms with Gasteiger partial charge >= 0.3 is 0 Å². The molecule has 0 amide bonds. The quantitative estimate of drug-likeness (QED) is 0.473. The third-order valence-electron chi connectivity index (χ3n) is 1.000. The highest BCUT2D eigenvalue weighted by atomic mass is 16.3. The molecule has 0 fully saturated rings. The maximum atomic E-state index is 9.96. The van der Waals surface area contributed by atoms with Crippen LogP contribution in [-0.2, 0) is 4.79 Å². The third kappa shape index (κ3) is 2.04. The normalized spacial score (nSPS) is 17.4. The molecular weight excluding hydrogens is 106 g/mol. The second kappa shape index (κ2) is 3.57. The molecule has 0 spiro atoms. The summed E-state index contributed by atoms with van der Waals surface area (Å²) in [5.41, 5.74) is 0. The lowest BCUT2D eigenvalue weighted by Crippen LogP contribution is -2.36. The Morgan fingerprint density at radius 3 is 2.25 bits per heavy atom. The van der Waals surface area contributed by atoms with Crippen LogP contribution in [0.2, 0.25) is 0 Å². The van der Waals surface area contributed by atoms with Crippen molar-refractivity contribution >= 4 is 6.29 Å². The Bertz CT molecular complexity index is 72.8. The monoisotopic (exact) mass is 117 g/mol. The van der Waals surface area contributed by atoms with Crippen molar-refractivity contribution in [2.45, 2.75) is 19.1 Å². The highest BCUT2D eigenvalue weighted by Gasteiger charge is 2.08. The summed E-state index contributed by atoms with van der Waals surface area (Å²) in [4.78, 5) is 9.96. The van der Waals surface area contributed by atoms with Gasteiger partial charge in [0.1, 0.15) is 6.29 Å². The van der Waals surface area contributed by atoms with Gasteiger partial charge in [-0.05, 0) is 14.0 Å². The molecule has 0 heterocycles.